The number of carbonyl (C=O) groups excluding carboxylic acids is 1. The van der Waals surface area contributed by atoms with Gasteiger partial charge in [-0.3, -0.25) is 4.79 Å². The number of rotatable bonds is 2. The minimum Gasteiger partial charge on any atom is -0.366 e. The highest BCUT2D eigenvalue weighted by Gasteiger charge is 1.86. The lowest BCUT2D eigenvalue weighted by atomic mass is 10.4. The van der Waals surface area contributed by atoms with E-state index in [0.29, 0.717) is 5.03 Å². The zero-order chi connectivity index (χ0) is 7.28. The summed E-state index contributed by atoms with van der Waals surface area (Å²) in [5.41, 5.74) is 4.79. The van der Waals surface area contributed by atoms with Crippen LogP contribution in [0.2, 0.25) is 0 Å². The summed E-state index contributed by atoms with van der Waals surface area (Å²) in [6.07, 6.45) is 4.47. The molecule has 3 heteroatoms. The van der Waals surface area contributed by atoms with E-state index in [2.05, 4.69) is 0 Å². The van der Waals surface area contributed by atoms with Crippen molar-refractivity contribution in [2.45, 2.75) is 6.92 Å². The third-order valence-electron chi connectivity index (χ3n) is 0.606. The second-order valence-electron chi connectivity index (χ2n) is 1.43. The molecule has 1 amide bonds. The molecule has 0 aliphatic carbocycles. The maximum absolute atomic E-state index is 10.1. The van der Waals surface area contributed by atoms with E-state index in [0.717, 1.165) is 6.08 Å². The van der Waals surface area contributed by atoms with Gasteiger partial charge in [0.05, 0.1) is 0 Å². The second-order valence-corrected chi connectivity index (χ2v) is 1.87. The first kappa shape index (κ1) is 8.24. The summed E-state index contributed by atoms with van der Waals surface area (Å²) in [5.74, 6) is -0.530. The van der Waals surface area contributed by atoms with Gasteiger partial charge in [0.25, 0.3) is 0 Å². The van der Waals surface area contributed by atoms with Crippen molar-refractivity contribution in [1.82, 2.24) is 0 Å². The lowest BCUT2D eigenvalue weighted by Crippen LogP contribution is -2.05. The van der Waals surface area contributed by atoms with Crippen molar-refractivity contribution in [2.24, 2.45) is 5.73 Å². The van der Waals surface area contributed by atoms with Crippen LogP contribution in [0.3, 0.4) is 0 Å². The van der Waals surface area contributed by atoms with E-state index in [-0.39, 0.29) is 0 Å². The lowest BCUT2D eigenvalue weighted by molar-refractivity contribution is -0.113. The summed E-state index contributed by atoms with van der Waals surface area (Å²) in [4.78, 5) is 10.1. The number of allylic oxidation sites excluding steroid dienone is 3. The first-order valence-corrected chi connectivity index (χ1v) is 2.84. The Balaban J connectivity index is 4.00. The maximum atomic E-state index is 10.1. The molecule has 0 aliphatic rings. The molecule has 0 aromatic carbocycles. The van der Waals surface area contributed by atoms with Crippen molar-refractivity contribution in [2.75, 3.05) is 0 Å². The van der Waals surface area contributed by atoms with E-state index in [9.17, 15) is 4.79 Å². The van der Waals surface area contributed by atoms with Gasteiger partial charge in [-0.1, -0.05) is 17.7 Å². The molecule has 0 heterocycles. The van der Waals surface area contributed by atoms with Crippen molar-refractivity contribution < 1.29 is 4.79 Å². The normalized spacial score (nSPS) is 12.4. The Morgan fingerprint density at radius 2 is 2.22 bits per heavy atom. The minimum absolute atomic E-state index is 0.352. The van der Waals surface area contributed by atoms with Crippen molar-refractivity contribution in [3.63, 3.8) is 0 Å². The second kappa shape index (κ2) is 4.15. The van der Waals surface area contributed by atoms with Crippen LogP contribution in [0.25, 0.3) is 0 Å². The average Bonchev–Trinajstić information content (AvgIpc) is 1.63. The molecule has 0 radical (unpaired) electrons. The number of hydrogen-bond donors (Lipinski definition) is 1. The average molecular weight is 146 g/mol. The SMILES string of the molecule is C/C=C\C(Cl)=C/C(N)=O. The highest BCUT2D eigenvalue weighted by molar-refractivity contribution is 6.32. The van der Waals surface area contributed by atoms with Crippen LogP contribution in [0, 0.1) is 0 Å². The molecular weight excluding hydrogens is 138 g/mol. The van der Waals surface area contributed by atoms with Crippen molar-refractivity contribution in [3.8, 4) is 0 Å². The van der Waals surface area contributed by atoms with Crippen molar-refractivity contribution in [3.05, 3.63) is 23.3 Å². The first-order valence-electron chi connectivity index (χ1n) is 2.46. The van der Waals surface area contributed by atoms with E-state index >= 15 is 0 Å². The summed E-state index contributed by atoms with van der Waals surface area (Å²) in [6, 6.07) is 0. The molecule has 50 valence electrons. The molecule has 2 N–H and O–H groups in total. The van der Waals surface area contributed by atoms with Gasteiger partial charge in [-0.15, -0.1) is 0 Å². The Hall–Kier alpha value is -0.760. The molecule has 0 fully saturated rings. The molecule has 0 rings (SSSR count). The van der Waals surface area contributed by atoms with Gasteiger partial charge >= 0.3 is 0 Å². The standard InChI is InChI=1S/C6H8ClNO/c1-2-3-5(7)4-6(8)9/h2-4H,1H3,(H2,8,9)/b3-2-,5-4+. The number of nitrogens with two attached hydrogens (primary N) is 1. The van der Waals surface area contributed by atoms with Gasteiger partial charge in [0.2, 0.25) is 5.91 Å². The third-order valence-corrected chi connectivity index (χ3v) is 0.841. The largest absolute Gasteiger partial charge is 0.366 e. The van der Waals surface area contributed by atoms with Gasteiger partial charge in [-0.2, -0.15) is 0 Å². The molecule has 0 unspecified atom stereocenters. The quantitative estimate of drug-likeness (QED) is 0.460. The highest BCUT2D eigenvalue weighted by atomic mass is 35.5. The zero-order valence-corrected chi connectivity index (χ0v) is 5.85. The molecule has 0 aromatic rings. The number of carbonyl (C=O) groups is 1. The van der Waals surface area contributed by atoms with Gasteiger partial charge in [0, 0.05) is 11.1 Å². The van der Waals surface area contributed by atoms with Crippen LogP contribution in [0.1, 0.15) is 6.92 Å². The van der Waals surface area contributed by atoms with Crippen LogP contribution in [0.4, 0.5) is 0 Å². The van der Waals surface area contributed by atoms with Gasteiger partial charge < -0.3 is 5.73 Å². The summed E-state index contributed by atoms with van der Waals surface area (Å²) >= 11 is 5.45. The van der Waals surface area contributed by atoms with Gasteiger partial charge in [-0.05, 0) is 13.0 Å². The van der Waals surface area contributed by atoms with E-state index < -0.39 is 5.91 Å². The number of amides is 1. The number of hydrogen-bond acceptors (Lipinski definition) is 1. The monoisotopic (exact) mass is 145 g/mol. The predicted molar refractivity (Wildman–Crippen MR) is 37.9 cm³/mol. The van der Waals surface area contributed by atoms with Gasteiger partial charge in [0.15, 0.2) is 0 Å². The van der Waals surface area contributed by atoms with Crippen LogP contribution in [-0.4, -0.2) is 5.91 Å². The highest BCUT2D eigenvalue weighted by Crippen LogP contribution is 2.00. The van der Waals surface area contributed by atoms with Gasteiger partial charge in [-0.25, -0.2) is 0 Å². The van der Waals surface area contributed by atoms with E-state index in [1.807, 2.05) is 0 Å². The maximum Gasteiger partial charge on any atom is 0.242 e. The summed E-state index contributed by atoms with van der Waals surface area (Å²) in [7, 11) is 0. The van der Waals surface area contributed by atoms with Crippen LogP contribution in [-0.2, 0) is 4.79 Å². The first-order chi connectivity index (χ1) is 4.16. The van der Waals surface area contributed by atoms with Crippen LogP contribution in [0.15, 0.2) is 23.3 Å². The molecular formula is C6H8ClNO. The predicted octanol–water partition coefficient (Wildman–Crippen LogP) is 1.17. The number of primary amides is 1. The third kappa shape index (κ3) is 5.11. The summed E-state index contributed by atoms with van der Waals surface area (Å²) < 4.78 is 0. The Morgan fingerprint density at radius 1 is 1.67 bits per heavy atom. The fourth-order valence-corrected chi connectivity index (χ4v) is 0.577. The fourth-order valence-electron chi connectivity index (χ4n) is 0.343. The fraction of sp³-hybridized carbons (Fsp3) is 0.167. The number of halogens is 1. The van der Waals surface area contributed by atoms with Crippen LogP contribution < -0.4 is 5.73 Å². The van der Waals surface area contributed by atoms with Crippen molar-refractivity contribution >= 4 is 17.5 Å². The smallest absolute Gasteiger partial charge is 0.242 e. The molecule has 2 nitrogen and oxygen atoms in total. The van der Waals surface area contributed by atoms with Crippen molar-refractivity contribution in [1.29, 1.82) is 0 Å². The zero-order valence-electron chi connectivity index (χ0n) is 5.10. The Morgan fingerprint density at radius 3 is 2.56 bits per heavy atom. The van der Waals surface area contributed by atoms with E-state index in [1.54, 1.807) is 19.1 Å². The molecule has 0 saturated carbocycles. The van der Waals surface area contributed by atoms with Gasteiger partial charge in [0.1, 0.15) is 0 Å². The molecule has 0 bridgehead atoms. The van der Waals surface area contributed by atoms with E-state index in [1.165, 1.54) is 0 Å². The molecule has 0 aliphatic heterocycles. The lowest BCUT2D eigenvalue weighted by Gasteiger charge is -1.82. The minimum atomic E-state index is -0.530. The Labute approximate surface area is 59.0 Å². The summed E-state index contributed by atoms with van der Waals surface area (Å²) in [6.45, 7) is 1.80. The molecule has 0 aromatic heterocycles. The molecule has 0 atom stereocenters. The molecule has 9 heavy (non-hydrogen) atoms. The molecule has 0 spiro atoms. The van der Waals surface area contributed by atoms with E-state index in [4.69, 9.17) is 17.3 Å². The summed E-state index contributed by atoms with van der Waals surface area (Å²) in [5, 5.41) is 0.352. The Bertz CT molecular complexity index is 160. The van der Waals surface area contributed by atoms with Crippen LogP contribution >= 0.6 is 11.6 Å². The van der Waals surface area contributed by atoms with Crippen LogP contribution in [0.5, 0.6) is 0 Å². The molecule has 0 saturated heterocycles. The topological polar surface area (TPSA) is 43.1 Å². The Kier molecular flexibility index (Phi) is 3.80.